The molecule has 92 valence electrons. The van der Waals surface area contributed by atoms with Gasteiger partial charge in [-0.15, -0.1) is 0 Å². The Bertz CT molecular complexity index is 581. The first-order valence-electron chi connectivity index (χ1n) is 4.81. The molecule has 7 nitrogen and oxygen atoms in total. The summed E-state index contributed by atoms with van der Waals surface area (Å²) in [4.78, 5) is 21.9. The molecule has 0 saturated carbocycles. The van der Waals surface area contributed by atoms with Gasteiger partial charge in [0.05, 0.1) is 4.92 Å². The molecule has 1 heterocycles. The molecule has 2 rings (SSSR count). The van der Waals surface area contributed by atoms with E-state index >= 15 is 0 Å². The topological polar surface area (TPSA) is 111 Å². The highest BCUT2D eigenvalue weighted by molar-refractivity contribution is 9.10. The maximum Gasteiger partial charge on any atom is 0.309 e. The predicted octanol–water partition coefficient (Wildman–Crippen LogP) is 1.71. The van der Waals surface area contributed by atoms with Crippen LogP contribution in [0.15, 0.2) is 50.9 Å². The predicted molar refractivity (Wildman–Crippen MR) is 64.9 cm³/mol. The van der Waals surface area contributed by atoms with Gasteiger partial charge in [0.25, 0.3) is 11.4 Å². The highest BCUT2D eigenvalue weighted by Gasteiger charge is 2.53. The number of hydrogen-bond donors (Lipinski definition) is 1. The van der Waals surface area contributed by atoms with Crippen LogP contribution in [0.3, 0.4) is 0 Å². The van der Waals surface area contributed by atoms with E-state index in [0.29, 0.717) is 5.56 Å². The molecule has 8 heteroatoms. The minimum absolute atomic E-state index is 0.308. The Balaban J connectivity index is 2.63. The molecule has 18 heavy (non-hydrogen) atoms. The molecule has 1 aromatic rings. The van der Waals surface area contributed by atoms with Gasteiger partial charge in [-0.3, -0.25) is 14.9 Å². The molecule has 1 aromatic carbocycles. The van der Waals surface area contributed by atoms with Gasteiger partial charge >= 0.3 is 5.70 Å². The standard InChI is InChI=1S/C10H7BrN4O3/c11-7-3-1-6(2-4-7)10(9(12)16)8(15(17)18)5-13-14-10/h1-5H,(H2,12,16). The van der Waals surface area contributed by atoms with E-state index in [0.717, 1.165) is 10.7 Å². The third-order valence-electron chi connectivity index (χ3n) is 2.57. The van der Waals surface area contributed by atoms with Gasteiger partial charge in [-0.1, -0.05) is 28.1 Å². The maximum atomic E-state index is 11.6. The molecular formula is C10H7BrN4O3. The number of azo groups is 1. The number of carbonyl (C=O) groups is 1. The lowest BCUT2D eigenvalue weighted by Crippen LogP contribution is -2.42. The molecule has 1 aliphatic rings. The number of benzene rings is 1. The molecule has 1 atom stereocenters. The van der Waals surface area contributed by atoms with Crippen molar-refractivity contribution in [3.63, 3.8) is 0 Å². The third-order valence-corrected chi connectivity index (χ3v) is 3.10. The van der Waals surface area contributed by atoms with Gasteiger partial charge in [-0.05, 0) is 12.1 Å². The highest BCUT2D eigenvalue weighted by Crippen LogP contribution is 2.38. The van der Waals surface area contributed by atoms with E-state index in [1.54, 1.807) is 12.1 Å². The summed E-state index contributed by atoms with van der Waals surface area (Å²) in [7, 11) is 0. The molecule has 0 saturated heterocycles. The Morgan fingerprint density at radius 1 is 1.39 bits per heavy atom. The van der Waals surface area contributed by atoms with Crippen molar-refractivity contribution in [2.75, 3.05) is 0 Å². The van der Waals surface area contributed by atoms with Crippen LogP contribution in [0.5, 0.6) is 0 Å². The van der Waals surface area contributed by atoms with Crippen LogP contribution < -0.4 is 5.73 Å². The van der Waals surface area contributed by atoms with Crippen LogP contribution in [0, 0.1) is 10.1 Å². The number of primary amides is 1. The first kappa shape index (κ1) is 12.4. The van der Waals surface area contributed by atoms with Crippen molar-refractivity contribution in [3.8, 4) is 0 Å². The molecular weight excluding hydrogens is 304 g/mol. The zero-order chi connectivity index (χ0) is 13.3. The summed E-state index contributed by atoms with van der Waals surface area (Å²) < 4.78 is 0.771. The Labute approximate surface area is 110 Å². The van der Waals surface area contributed by atoms with Crippen LogP contribution in [0.1, 0.15) is 5.56 Å². The van der Waals surface area contributed by atoms with Gasteiger partial charge in [0, 0.05) is 10.0 Å². The van der Waals surface area contributed by atoms with Crippen molar-refractivity contribution < 1.29 is 9.72 Å². The second-order valence-corrected chi connectivity index (χ2v) is 4.48. The molecule has 0 spiro atoms. The molecule has 1 amide bonds. The normalized spacial score (nSPS) is 21.7. The molecule has 0 fully saturated rings. The monoisotopic (exact) mass is 310 g/mol. The number of amides is 1. The second-order valence-electron chi connectivity index (χ2n) is 3.57. The smallest absolute Gasteiger partial charge is 0.309 e. The van der Waals surface area contributed by atoms with Crippen LogP contribution in [0.4, 0.5) is 0 Å². The van der Waals surface area contributed by atoms with Crippen LogP contribution in [-0.2, 0) is 10.3 Å². The SMILES string of the molecule is NC(=O)C1(c2ccc(Br)cc2)N=NC=C1[N+](=O)[O-]. The van der Waals surface area contributed by atoms with E-state index in [1.807, 2.05) is 0 Å². The first-order chi connectivity index (χ1) is 8.48. The van der Waals surface area contributed by atoms with Crippen molar-refractivity contribution in [1.29, 1.82) is 0 Å². The summed E-state index contributed by atoms with van der Waals surface area (Å²) in [6.45, 7) is 0. The summed E-state index contributed by atoms with van der Waals surface area (Å²) in [6, 6.07) is 6.36. The quantitative estimate of drug-likeness (QED) is 0.677. The molecule has 1 unspecified atom stereocenters. The van der Waals surface area contributed by atoms with Gasteiger partial charge in [0.2, 0.25) is 0 Å². The summed E-state index contributed by atoms with van der Waals surface area (Å²) in [6.07, 6.45) is 0.937. The first-order valence-corrected chi connectivity index (χ1v) is 5.61. The summed E-state index contributed by atoms with van der Waals surface area (Å²) >= 11 is 3.23. The second kappa shape index (κ2) is 4.30. The van der Waals surface area contributed by atoms with Crippen molar-refractivity contribution >= 4 is 21.8 Å². The summed E-state index contributed by atoms with van der Waals surface area (Å²) in [5.74, 6) is -0.936. The van der Waals surface area contributed by atoms with E-state index in [4.69, 9.17) is 5.73 Å². The molecule has 0 aliphatic carbocycles. The zero-order valence-electron chi connectivity index (χ0n) is 8.91. The minimum Gasteiger partial charge on any atom is -0.367 e. The van der Waals surface area contributed by atoms with Gasteiger partial charge in [-0.25, -0.2) is 0 Å². The highest BCUT2D eigenvalue weighted by atomic mass is 79.9. The zero-order valence-corrected chi connectivity index (χ0v) is 10.5. The fourth-order valence-electron chi connectivity index (χ4n) is 1.71. The number of rotatable bonds is 3. The largest absolute Gasteiger partial charge is 0.367 e. The summed E-state index contributed by atoms with van der Waals surface area (Å²) in [5, 5.41) is 18.1. The fraction of sp³-hybridized carbons (Fsp3) is 0.100. The van der Waals surface area contributed by atoms with Crippen molar-refractivity contribution in [2.45, 2.75) is 5.54 Å². The number of nitrogens with zero attached hydrogens (tertiary/aromatic N) is 3. The van der Waals surface area contributed by atoms with Crippen LogP contribution in [0.25, 0.3) is 0 Å². The minimum atomic E-state index is -1.84. The Kier molecular flexibility index (Phi) is 2.95. The molecule has 0 radical (unpaired) electrons. The van der Waals surface area contributed by atoms with Gasteiger partial charge in [0.1, 0.15) is 6.20 Å². The van der Waals surface area contributed by atoms with Crippen LogP contribution in [0.2, 0.25) is 0 Å². The number of nitrogens with two attached hydrogens (primary N) is 1. The molecule has 1 aliphatic heterocycles. The van der Waals surface area contributed by atoms with E-state index in [9.17, 15) is 14.9 Å². The fourth-order valence-corrected chi connectivity index (χ4v) is 1.97. The Morgan fingerprint density at radius 2 is 2.00 bits per heavy atom. The number of nitro groups is 1. The Hall–Kier alpha value is -2.09. The molecule has 0 bridgehead atoms. The molecule has 2 N–H and O–H groups in total. The van der Waals surface area contributed by atoms with Crippen LogP contribution in [-0.4, -0.2) is 10.8 Å². The van der Waals surface area contributed by atoms with Crippen molar-refractivity contribution in [2.24, 2.45) is 16.0 Å². The maximum absolute atomic E-state index is 11.6. The van der Waals surface area contributed by atoms with Crippen LogP contribution >= 0.6 is 15.9 Å². The summed E-state index contributed by atoms with van der Waals surface area (Å²) in [5.41, 5.74) is 3.30. The molecule has 0 aromatic heterocycles. The van der Waals surface area contributed by atoms with E-state index < -0.39 is 22.1 Å². The van der Waals surface area contributed by atoms with Gasteiger partial charge < -0.3 is 5.73 Å². The number of halogens is 1. The average molecular weight is 311 g/mol. The number of hydrogen-bond acceptors (Lipinski definition) is 5. The number of carbonyl (C=O) groups excluding carboxylic acids is 1. The lowest BCUT2D eigenvalue weighted by atomic mass is 9.87. The van der Waals surface area contributed by atoms with Crippen molar-refractivity contribution in [1.82, 2.24) is 0 Å². The van der Waals surface area contributed by atoms with Gasteiger partial charge in [0.15, 0.2) is 0 Å². The Morgan fingerprint density at radius 3 is 2.50 bits per heavy atom. The van der Waals surface area contributed by atoms with Gasteiger partial charge in [-0.2, -0.15) is 10.2 Å². The van der Waals surface area contributed by atoms with E-state index in [-0.39, 0.29) is 0 Å². The van der Waals surface area contributed by atoms with E-state index in [2.05, 4.69) is 26.2 Å². The van der Waals surface area contributed by atoms with Crippen molar-refractivity contribution in [3.05, 3.63) is 56.3 Å². The lowest BCUT2D eigenvalue weighted by Gasteiger charge is -2.19. The van der Waals surface area contributed by atoms with E-state index in [1.165, 1.54) is 12.1 Å². The average Bonchev–Trinajstić information content (AvgIpc) is 2.75. The lowest BCUT2D eigenvalue weighted by molar-refractivity contribution is -0.433. The third kappa shape index (κ3) is 1.70.